The van der Waals surface area contributed by atoms with Gasteiger partial charge < -0.3 is 5.32 Å². The maximum atomic E-state index is 14.8. The van der Waals surface area contributed by atoms with E-state index in [0.29, 0.717) is 29.7 Å². The van der Waals surface area contributed by atoms with Gasteiger partial charge in [-0.1, -0.05) is 6.07 Å². The molecule has 0 spiro atoms. The quantitative estimate of drug-likeness (QED) is 0.879. The molecule has 0 unspecified atom stereocenters. The van der Waals surface area contributed by atoms with Gasteiger partial charge in [0.2, 0.25) is 0 Å². The topological polar surface area (TPSA) is 42.0 Å². The Bertz CT molecular complexity index is 770. The van der Waals surface area contributed by atoms with Crippen LogP contribution in [-0.4, -0.2) is 17.4 Å². The van der Waals surface area contributed by atoms with E-state index in [1.54, 1.807) is 18.3 Å². The van der Waals surface area contributed by atoms with Crippen molar-refractivity contribution in [2.45, 2.75) is 32.1 Å². The summed E-state index contributed by atoms with van der Waals surface area (Å²) in [5, 5.41) is 2.75. The highest BCUT2D eigenvalue weighted by Gasteiger charge is 2.23. The molecule has 0 saturated carbocycles. The smallest absolute Gasteiger partial charge is 0.251 e. The molecule has 0 radical (unpaired) electrons. The Morgan fingerprint density at radius 1 is 1.09 bits per heavy atom. The molecular formula is C18H17FN2O. The number of pyridine rings is 1. The molecule has 0 fully saturated rings. The maximum absolute atomic E-state index is 14.8. The van der Waals surface area contributed by atoms with Crippen LogP contribution in [0.15, 0.2) is 24.4 Å². The van der Waals surface area contributed by atoms with Crippen molar-refractivity contribution in [2.24, 2.45) is 0 Å². The van der Waals surface area contributed by atoms with Crippen LogP contribution in [0.3, 0.4) is 0 Å². The summed E-state index contributed by atoms with van der Waals surface area (Å²) in [6, 6.07) is 5.49. The van der Waals surface area contributed by atoms with Gasteiger partial charge in [-0.25, -0.2) is 4.39 Å². The molecule has 1 aromatic carbocycles. The molecule has 0 atom stereocenters. The van der Waals surface area contributed by atoms with Crippen molar-refractivity contribution in [1.82, 2.24) is 10.3 Å². The summed E-state index contributed by atoms with van der Waals surface area (Å²) in [4.78, 5) is 16.3. The molecule has 22 heavy (non-hydrogen) atoms. The fourth-order valence-corrected chi connectivity index (χ4v) is 3.43. The Morgan fingerprint density at radius 2 is 1.91 bits per heavy atom. The Hall–Kier alpha value is -2.23. The van der Waals surface area contributed by atoms with Gasteiger partial charge in [0.25, 0.3) is 5.91 Å². The second-order valence-corrected chi connectivity index (χ2v) is 6.00. The highest BCUT2D eigenvalue weighted by molar-refractivity contribution is 5.97. The number of rotatable bonds is 1. The molecular weight excluding hydrogens is 279 g/mol. The number of nitrogens with zero attached hydrogens (tertiary/aromatic N) is 1. The number of aryl methyl sites for hydroxylation is 2. The monoisotopic (exact) mass is 296 g/mol. The average molecular weight is 296 g/mol. The van der Waals surface area contributed by atoms with Crippen molar-refractivity contribution in [3.05, 3.63) is 52.6 Å². The molecule has 2 aliphatic rings. The Kier molecular flexibility index (Phi) is 3.17. The lowest BCUT2D eigenvalue weighted by Crippen LogP contribution is -2.32. The molecule has 3 nitrogen and oxygen atoms in total. The van der Waals surface area contributed by atoms with Crippen LogP contribution in [0.25, 0.3) is 11.1 Å². The zero-order chi connectivity index (χ0) is 15.1. The van der Waals surface area contributed by atoms with Crippen molar-refractivity contribution >= 4 is 5.91 Å². The minimum atomic E-state index is -0.273. The SMILES string of the molecule is O=C1NCCc2c1ccc(-c1cnc3c(c1)CCCC3)c2F. The summed E-state index contributed by atoms with van der Waals surface area (Å²) < 4.78 is 14.8. The zero-order valence-corrected chi connectivity index (χ0v) is 12.3. The third-order valence-corrected chi connectivity index (χ3v) is 4.63. The molecule has 1 N–H and O–H groups in total. The maximum Gasteiger partial charge on any atom is 0.251 e. The predicted octanol–water partition coefficient (Wildman–Crippen LogP) is 3.05. The average Bonchev–Trinajstić information content (AvgIpc) is 2.56. The van der Waals surface area contributed by atoms with Crippen LogP contribution in [-0.2, 0) is 19.3 Å². The van der Waals surface area contributed by atoms with Crippen LogP contribution < -0.4 is 5.32 Å². The number of aromatic nitrogens is 1. The molecule has 1 aliphatic heterocycles. The predicted molar refractivity (Wildman–Crippen MR) is 82.3 cm³/mol. The Morgan fingerprint density at radius 3 is 2.82 bits per heavy atom. The van der Waals surface area contributed by atoms with E-state index in [9.17, 15) is 9.18 Å². The Labute approximate surface area is 128 Å². The van der Waals surface area contributed by atoms with Crippen LogP contribution in [0.1, 0.15) is 40.0 Å². The summed E-state index contributed by atoms with van der Waals surface area (Å²) in [6.07, 6.45) is 6.69. The van der Waals surface area contributed by atoms with Crippen molar-refractivity contribution < 1.29 is 9.18 Å². The fourth-order valence-electron chi connectivity index (χ4n) is 3.43. The van der Waals surface area contributed by atoms with Gasteiger partial charge >= 0.3 is 0 Å². The molecule has 112 valence electrons. The van der Waals surface area contributed by atoms with Crippen LogP contribution in [0.4, 0.5) is 4.39 Å². The molecule has 0 bridgehead atoms. The first-order valence-electron chi connectivity index (χ1n) is 7.82. The normalized spacial score (nSPS) is 16.7. The summed E-state index contributed by atoms with van der Waals surface area (Å²) in [6.45, 7) is 0.495. The number of hydrogen-bond acceptors (Lipinski definition) is 2. The van der Waals surface area contributed by atoms with E-state index in [2.05, 4.69) is 16.4 Å². The van der Waals surface area contributed by atoms with Gasteiger partial charge in [-0.05, 0) is 49.8 Å². The minimum absolute atomic E-state index is 0.185. The molecule has 0 saturated heterocycles. The van der Waals surface area contributed by atoms with Crippen molar-refractivity contribution in [1.29, 1.82) is 0 Å². The largest absolute Gasteiger partial charge is 0.352 e. The van der Waals surface area contributed by atoms with E-state index >= 15 is 0 Å². The van der Waals surface area contributed by atoms with Gasteiger partial charge in [-0.3, -0.25) is 9.78 Å². The fraction of sp³-hybridized carbons (Fsp3) is 0.333. The first-order chi connectivity index (χ1) is 10.7. The zero-order valence-electron chi connectivity index (χ0n) is 12.3. The standard InChI is InChI=1S/C18H17FN2O/c19-17-13(5-6-15-14(17)7-8-20-18(15)22)12-9-11-3-1-2-4-16(11)21-10-12/h5-6,9-10H,1-4,7-8H2,(H,20,22). The lowest BCUT2D eigenvalue weighted by atomic mass is 9.91. The molecule has 1 aliphatic carbocycles. The van der Waals surface area contributed by atoms with Gasteiger partial charge in [-0.2, -0.15) is 0 Å². The minimum Gasteiger partial charge on any atom is -0.352 e. The van der Waals surface area contributed by atoms with Crippen molar-refractivity contribution in [3.8, 4) is 11.1 Å². The lowest BCUT2D eigenvalue weighted by molar-refractivity contribution is 0.0945. The highest BCUT2D eigenvalue weighted by Crippen LogP contribution is 2.31. The molecule has 4 heteroatoms. The van der Waals surface area contributed by atoms with E-state index in [-0.39, 0.29) is 11.7 Å². The third kappa shape index (κ3) is 2.10. The van der Waals surface area contributed by atoms with Crippen LogP contribution in [0.2, 0.25) is 0 Å². The van der Waals surface area contributed by atoms with Crippen LogP contribution in [0, 0.1) is 5.82 Å². The second-order valence-electron chi connectivity index (χ2n) is 6.00. The van der Waals surface area contributed by atoms with Gasteiger partial charge in [0.1, 0.15) is 5.82 Å². The van der Waals surface area contributed by atoms with E-state index in [4.69, 9.17) is 0 Å². The number of halogens is 1. The number of amides is 1. The van der Waals surface area contributed by atoms with Crippen LogP contribution >= 0.6 is 0 Å². The van der Waals surface area contributed by atoms with Crippen molar-refractivity contribution in [2.75, 3.05) is 6.54 Å². The number of benzene rings is 1. The summed E-state index contributed by atoms with van der Waals surface area (Å²) in [5.41, 5.74) is 4.73. The highest BCUT2D eigenvalue weighted by atomic mass is 19.1. The summed E-state index contributed by atoms with van der Waals surface area (Å²) in [5.74, 6) is -0.458. The number of fused-ring (bicyclic) bond motifs is 2. The summed E-state index contributed by atoms with van der Waals surface area (Å²) >= 11 is 0. The summed E-state index contributed by atoms with van der Waals surface area (Å²) in [7, 11) is 0. The number of hydrogen-bond donors (Lipinski definition) is 1. The molecule has 1 aromatic heterocycles. The van der Waals surface area contributed by atoms with E-state index < -0.39 is 0 Å². The number of carbonyl (C=O) groups is 1. The van der Waals surface area contributed by atoms with Crippen LogP contribution in [0.5, 0.6) is 0 Å². The number of carbonyl (C=O) groups excluding carboxylic acids is 1. The van der Waals surface area contributed by atoms with Gasteiger partial charge in [0.05, 0.1) is 0 Å². The molecule has 2 aromatic rings. The van der Waals surface area contributed by atoms with E-state index in [1.807, 2.05) is 0 Å². The van der Waals surface area contributed by atoms with Gasteiger partial charge in [-0.15, -0.1) is 0 Å². The second kappa shape index (κ2) is 5.20. The molecule has 2 heterocycles. The first kappa shape index (κ1) is 13.4. The Balaban J connectivity index is 1.81. The van der Waals surface area contributed by atoms with Crippen molar-refractivity contribution in [3.63, 3.8) is 0 Å². The van der Waals surface area contributed by atoms with Gasteiger partial charge in [0, 0.05) is 40.7 Å². The van der Waals surface area contributed by atoms with E-state index in [0.717, 1.165) is 24.1 Å². The third-order valence-electron chi connectivity index (χ3n) is 4.63. The number of nitrogens with one attached hydrogen (secondary N) is 1. The first-order valence-corrected chi connectivity index (χ1v) is 7.82. The van der Waals surface area contributed by atoms with E-state index in [1.165, 1.54) is 18.4 Å². The van der Waals surface area contributed by atoms with Gasteiger partial charge in [0.15, 0.2) is 0 Å². The molecule has 1 amide bonds. The molecule has 4 rings (SSSR count). The lowest BCUT2D eigenvalue weighted by Gasteiger charge is -2.20.